The number of nitrogens with two attached hydrogens (primary N) is 1. The Balaban J connectivity index is 2.26. The van der Waals surface area contributed by atoms with Crippen molar-refractivity contribution in [3.63, 3.8) is 0 Å². The Morgan fingerprint density at radius 2 is 2.08 bits per heavy atom. The Morgan fingerprint density at radius 1 is 1.38 bits per heavy atom. The number of anilines is 1. The zero-order valence-corrected chi connectivity index (χ0v) is 14.5. The summed E-state index contributed by atoms with van der Waals surface area (Å²) in [7, 11) is 0. The van der Waals surface area contributed by atoms with Gasteiger partial charge in [0, 0.05) is 19.3 Å². The molecule has 1 fully saturated rings. The number of carbonyl (C=O) groups excluding carboxylic acids is 1. The zero-order valence-electron chi connectivity index (χ0n) is 14.5. The number of morpholine rings is 1. The zero-order chi connectivity index (χ0) is 18.8. The van der Waals surface area contributed by atoms with E-state index in [1.165, 1.54) is 10.5 Å². The molecule has 8 heteroatoms. The molecule has 2 atom stereocenters. The summed E-state index contributed by atoms with van der Waals surface area (Å²) < 4.78 is 7.11. The average molecular weight is 353 g/mol. The molecule has 1 aliphatic heterocycles. The minimum atomic E-state index is -0.889. The molecular formula is C18H19N5O3. The number of primary amides is 1. The van der Waals surface area contributed by atoms with Gasteiger partial charge in [-0.25, -0.2) is 4.98 Å². The van der Waals surface area contributed by atoms with E-state index in [0.717, 1.165) is 0 Å². The van der Waals surface area contributed by atoms with Crippen molar-refractivity contribution in [1.29, 1.82) is 5.26 Å². The predicted octanol–water partition coefficient (Wildman–Crippen LogP) is 0.700. The highest BCUT2D eigenvalue weighted by Gasteiger charge is 2.26. The van der Waals surface area contributed by atoms with Crippen molar-refractivity contribution >= 4 is 23.4 Å². The van der Waals surface area contributed by atoms with Crippen molar-refractivity contribution in [2.24, 2.45) is 5.73 Å². The first-order chi connectivity index (χ1) is 12.4. The highest BCUT2D eigenvalue weighted by atomic mass is 16.5. The van der Waals surface area contributed by atoms with Crippen LogP contribution in [0.2, 0.25) is 0 Å². The van der Waals surface area contributed by atoms with E-state index in [9.17, 15) is 9.59 Å². The molecule has 1 saturated heterocycles. The maximum Gasteiger partial charge on any atom is 0.267 e. The monoisotopic (exact) mass is 353 g/mol. The molecule has 2 aromatic rings. The summed E-state index contributed by atoms with van der Waals surface area (Å²) >= 11 is 0. The van der Waals surface area contributed by atoms with Gasteiger partial charge in [-0.2, -0.15) is 5.26 Å². The molecule has 0 bridgehead atoms. The molecule has 2 N–H and O–H groups in total. The smallest absolute Gasteiger partial charge is 0.267 e. The normalized spacial score (nSPS) is 20.8. The number of rotatable bonds is 3. The van der Waals surface area contributed by atoms with Gasteiger partial charge in [-0.3, -0.25) is 14.0 Å². The Bertz CT molecular complexity index is 978. The molecule has 0 radical (unpaired) electrons. The van der Waals surface area contributed by atoms with Crippen molar-refractivity contribution in [3.05, 3.63) is 45.9 Å². The summed E-state index contributed by atoms with van der Waals surface area (Å²) in [4.78, 5) is 31.0. The van der Waals surface area contributed by atoms with Crippen LogP contribution >= 0.6 is 0 Å². The Morgan fingerprint density at radius 3 is 2.69 bits per heavy atom. The third-order valence-corrected chi connectivity index (χ3v) is 4.14. The van der Waals surface area contributed by atoms with Crippen LogP contribution in [-0.4, -0.2) is 40.6 Å². The first kappa shape index (κ1) is 17.6. The summed E-state index contributed by atoms with van der Waals surface area (Å²) in [6.07, 6.45) is 2.72. The number of hydrogen-bond acceptors (Lipinski definition) is 6. The molecule has 8 nitrogen and oxygen atoms in total. The van der Waals surface area contributed by atoms with E-state index in [1.807, 2.05) is 18.7 Å². The minimum absolute atomic E-state index is 0.0433. The van der Waals surface area contributed by atoms with Gasteiger partial charge in [0.05, 0.1) is 17.8 Å². The van der Waals surface area contributed by atoms with E-state index in [1.54, 1.807) is 30.5 Å². The molecule has 1 aliphatic rings. The second-order valence-corrected chi connectivity index (χ2v) is 6.28. The number of nitrogens with zero attached hydrogens (tertiary/aromatic N) is 4. The maximum absolute atomic E-state index is 13.0. The molecule has 3 rings (SSSR count). The quantitative estimate of drug-likeness (QED) is 0.642. The summed E-state index contributed by atoms with van der Waals surface area (Å²) in [5.41, 5.74) is 5.21. The number of amides is 1. The van der Waals surface area contributed by atoms with Gasteiger partial charge in [-0.05, 0) is 32.1 Å². The van der Waals surface area contributed by atoms with Crippen LogP contribution in [0, 0.1) is 11.3 Å². The Hall–Kier alpha value is -3.18. The molecule has 0 spiro atoms. The van der Waals surface area contributed by atoms with Gasteiger partial charge in [-0.15, -0.1) is 0 Å². The molecule has 26 heavy (non-hydrogen) atoms. The van der Waals surface area contributed by atoms with Crippen LogP contribution in [0.3, 0.4) is 0 Å². The minimum Gasteiger partial charge on any atom is -0.372 e. The predicted molar refractivity (Wildman–Crippen MR) is 96.5 cm³/mol. The maximum atomic E-state index is 13.0. The molecule has 134 valence electrons. The topological polar surface area (TPSA) is 114 Å². The van der Waals surface area contributed by atoms with E-state index in [0.29, 0.717) is 24.6 Å². The molecule has 3 heterocycles. The fraction of sp³-hybridized carbons (Fsp3) is 0.333. The number of ether oxygens (including phenoxy) is 1. The van der Waals surface area contributed by atoms with E-state index in [4.69, 9.17) is 15.7 Å². The van der Waals surface area contributed by atoms with Gasteiger partial charge < -0.3 is 15.4 Å². The lowest BCUT2D eigenvalue weighted by Gasteiger charge is -2.36. The second kappa shape index (κ2) is 6.98. The van der Waals surface area contributed by atoms with Crippen LogP contribution in [0.25, 0.3) is 11.7 Å². The third-order valence-electron chi connectivity index (χ3n) is 4.14. The first-order valence-electron chi connectivity index (χ1n) is 8.24. The third kappa shape index (κ3) is 3.30. The average Bonchev–Trinajstić information content (AvgIpc) is 2.59. The summed E-state index contributed by atoms with van der Waals surface area (Å²) in [6.45, 7) is 4.96. The van der Waals surface area contributed by atoms with Crippen LogP contribution in [0.4, 0.5) is 5.82 Å². The van der Waals surface area contributed by atoms with Crippen molar-refractivity contribution in [2.75, 3.05) is 18.0 Å². The lowest BCUT2D eigenvalue weighted by molar-refractivity contribution is -0.114. The summed E-state index contributed by atoms with van der Waals surface area (Å²) in [5, 5.41) is 9.17. The van der Waals surface area contributed by atoms with Gasteiger partial charge in [0.25, 0.3) is 11.5 Å². The van der Waals surface area contributed by atoms with E-state index in [-0.39, 0.29) is 28.9 Å². The molecule has 0 aromatic carbocycles. The highest BCUT2D eigenvalue weighted by Crippen LogP contribution is 2.23. The van der Waals surface area contributed by atoms with Crippen LogP contribution < -0.4 is 16.2 Å². The molecule has 0 aliphatic carbocycles. The van der Waals surface area contributed by atoms with Crippen molar-refractivity contribution in [3.8, 4) is 6.07 Å². The number of carbonyl (C=O) groups is 1. The Labute approximate surface area is 150 Å². The largest absolute Gasteiger partial charge is 0.372 e. The van der Waals surface area contributed by atoms with Crippen LogP contribution in [-0.2, 0) is 9.53 Å². The van der Waals surface area contributed by atoms with Gasteiger partial charge >= 0.3 is 0 Å². The number of aromatic nitrogens is 2. The molecule has 0 saturated carbocycles. The molecular weight excluding hydrogens is 334 g/mol. The number of hydrogen-bond donors (Lipinski definition) is 1. The highest BCUT2D eigenvalue weighted by molar-refractivity contribution is 6.01. The van der Waals surface area contributed by atoms with Crippen molar-refractivity contribution in [2.45, 2.75) is 26.1 Å². The van der Waals surface area contributed by atoms with Crippen LogP contribution in [0.5, 0.6) is 0 Å². The van der Waals surface area contributed by atoms with Crippen molar-refractivity contribution in [1.82, 2.24) is 9.38 Å². The van der Waals surface area contributed by atoms with Crippen LogP contribution in [0.15, 0.2) is 34.8 Å². The van der Waals surface area contributed by atoms with Crippen LogP contribution in [0.1, 0.15) is 19.4 Å². The number of pyridine rings is 1. The van der Waals surface area contributed by atoms with E-state index >= 15 is 0 Å². The Kier molecular flexibility index (Phi) is 4.73. The van der Waals surface area contributed by atoms with E-state index < -0.39 is 5.91 Å². The number of nitriles is 1. The lowest BCUT2D eigenvalue weighted by Crippen LogP contribution is -2.46. The number of fused-ring (bicyclic) bond motifs is 1. The standard InChI is InChI=1S/C18H19N5O3/c1-11-9-22(10-12(2)26-11)17-14(7-13(8-19)16(20)24)18(25)23-6-4-3-5-15(23)21-17/h3-7,11-12H,9-10H2,1-2H3,(H2,20,24)/b13-7+. The fourth-order valence-corrected chi connectivity index (χ4v) is 3.11. The van der Waals surface area contributed by atoms with Gasteiger partial charge in [0.15, 0.2) is 0 Å². The summed E-state index contributed by atoms with van der Waals surface area (Å²) in [6, 6.07) is 6.96. The van der Waals surface area contributed by atoms with Gasteiger partial charge in [-0.1, -0.05) is 6.07 Å². The second-order valence-electron chi connectivity index (χ2n) is 6.28. The molecule has 2 aromatic heterocycles. The van der Waals surface area contributed by atoms with Gasteiger partial charge in [0.2, 0.25) is 0 Å². The summed E-state index contributed by atoms with van der Waals surface area (Å²) in [5.74, 6) is -0.475. The molecule has 2 unspecified atom stereocenters. The van der Waals surface area contributed by atoms with Crippen molar-refractivity contribution < 1.29 is 9.53 Å². The first-order valence-corrected chi connectivity index (χ1v) is 8.24. The van der Waals surface area contributed by atoms with Gasteiger partial charge in [0.1, 0.15) is 23.1 Å². The lowest BCUT2D eigenvalue weighted by atomic mass is 10.1. The fourth-order valence-electron chi connectivity index (χ4n) is 3.11. The van der Waals surface area contributed by atoms with E-state index in [2.05, 4.69) is 4.98 Å². The molecule has 1 amide bonds. The SMILES string of the molecule is CC1CN(c2nc3ccccn3c(=O)c2/C=C(\C#N)C(N)=O)CC(C)O1.